The smallest absolute Gasteiger partial charge is 0.125 e. The van der Waals surface area contributed by atoms with Crippen molar-refractivity contribution in [1.29, 1.82) is 0 Å². The first-order valence-electron chi connectivity index (χ1n) is 12.1. The van der Waals surface area contributed by atoms with Crippen LogP contribution < -0.4 is 21.3 Å². The van der Waals surface area contributed by atoms with E-state index in [1.54, 1.807) is 9.80 Å². The third-order valence-electron chi connectivity index (χ3n) is 5.84. The Morgan fingerprint density at radius 1 is 0.583 bits per heavy atom. The lowest BCUT2D eigenvalue weighted by Crippen LogP contribution is -3.11. The number of nitrogen functional groups attached to an aromatic ring is 2. The Hall–Kier alpha value is -2.22. The average Bonchev–Trinajstić information content (AvgIpc) is 2.81. The van der Waals surface area contributed by atoms with Crippen molar-refractivity contribution in [2.45, 2.75) is 51.3 Å². The lowest BCUT2D eigenvalue weighted by atomic mass is 10.0. The Kier molecular flexibility index (Phi) is 14.8. The van der Waals surface area contributed by atoms with E-state index >= 15 is 0 Å². The molecule has 206 valence electrons. The van der Waals surface area contributed by atoms with Gasteiger partial charge in [-0.3, -0.25) is 0 Å². The molecule has 0 heterocycles. The number of anilines is 2. The summed E-state index contributed by atoms with van der Waals surface area (Å²) in [5.41, 5.74) is 10.4. The summed E-state index contributed by atoms with van der Waals surface area (Å²) in [5, 5.41) is 0. The van der Waals surface area contributed by atoms with Crippen molar-refractivity contribution in [1.82, 2.24) is 0 Å². The molecular formula is C24H42N4O6S2. The Morgan fingerprint density at radius 2 is 0.833 bits per heavy atom. The SMILES string of the molecule is CC[NH+](CC)CC.CC[NH+](CC)CC.Nc1ccc(-c2ccc(N)cc2S(=O)(=O)[O-])c(S(=O)(=O)[O-])c1. The minimum Gasteiger partial charge on any atom is -0.744 e. The van der Waals surface area contributed by atoms with E-state index in [-0.39, 0.29) is 22.5 Å². The Morgan fingerprint density at radius 3 is 1.00 bits per heavy atom. The van der Waals surface area contributed by atoms with Gasteiger partial charge in [-0.2, -0.15) is 0 Å². The first kappa shape index (κ1) is 33.8. The van der Waals surface area contributed by atoms with Crippen LogP contribution in [0.2, 0.25) is 0 Å². The second kappa shape index (κ2) is 15.8. The fraction of sp³-hybridized carbons (Fsp3) is 0.500. The molecule has 0 saturated carbocycles. The van der Waals surface area contributed by atoms with E-state index in [1.807, 2.05) is 0 Å². The molecule has 2 aromatic carbocycles. The van der Waals surface area contributed by atoms with Gasteiger partial charge in [0.05, 0.1) is 49.1 Å². The summed E-state index contributed by atoms with van der Waals surface area (Å²) in [4.78, 5) is 1.92. The van der Waals surface area contributed by atoms with Crippen molar-refractivity contribution in [2.24, 2.45) is 0 Å². The maximum absolute atomic E-state index is 11.3. The molecule has 0 unspecified atom stereocenters. The molecule has 0 radical (unpaired) electrons. The van der Waals surface area contributed by atoms with Crippen LogP contribution in [0.3, 0.4) is 0 Å². The van der Waals surface area contributed by atoms with E-state index in [0.717, 1.165) is 24.3 Å². The maximum Gasteiger partial charge on any atom is 0.125 e. The van der Waals surface area contributed by atoms with Crippen LogP contribution in [0.4, 0.5) is 11.4 Å². The first-order chi connectivity index (χ1) is 16.7. The van der Waals surface area contributed by atoms with Gasteiger partial charge >= 0.3 is 0 Å². The van der Waals surface area contributed by atoms with E-state index in [9.17, 15) is 25.9 Å². The third-order valence-corrected chi connectivity index (χ3v) is 7.59. The third kappa shape index (κ3) is 11.2. The number of benzene rings is 2. The molecule has 0 aliphatic rings. The highest BCUT2D eigenvalue weighted by Crippen LogP contribution is 2.34. The minimum atomic E-state index is -4.93. The summed E-state index contributed by atoms with van der Waals surface area (Å²) in [6, 6.07) is 6.66. The molecule has 0 bridgehead atoms. The zero-order valence-corrected chi connectivity index (χ0v) is 23.8. The van der Waals surface area contributed by atoms with Gasteiger partial charge in [0.1, 0.15) is 20.2 Å². The fourth-order valence-corrected chi connectivity index (χ4v) is 4.89. The highest BCUT2D eigenvalue weighted by molar-refractivity contribution is 7.86. The maximum atomic E-state index is 11.3. The van der Waals surface area contributed by atoms with Crippen LogP contribution in [0, 0.1) is 0 Å². The van der Waals surface area contributed by atoms with Crippen LogP contribution in [0.25, 0.3) is 11.1 Å². The van der Waals surface area contributed by atoms with E-state index < -0.39 is 30.0 Å². The number of hydrogen-bond acceptors (Lipinski definition) is 8. The summed E-state index contributed by atoms with van der Waals surface area (Å²) < 4.78 is 68.1. The number of rotatable bonds is 9. The molecule has 0 amide bonds. The van der Waals surface area contributed by atoms with E-state index in [4.69, 9.17) is 11.5 Å². The van der Waals surface area contributed by atoms with Gasteiger partial charge in [-0.1, -0.05) is 12.1 Å². The van der Waals surface area contributed by atoms with Gasteiger partial charge in [0.2, 0.25) is 0 Å². The van der Waals surface area contributed by atoms with Gasteiger partial charge < -0.3 is 30.4 Å². The lowest BCUT2D eigenvalue weighted by molar-refractivity contribution is -0.894. The van der Waals surface area contributed by atoms with Crippen LogP contribution in [0.5, 0.6) is 0 Å². The number of hydrogen-bond donors (Lipinski definition) is 4. The standard InChI is InChI=1S/C12H12N2O6S2.2C6H15N/c13-7-1-3-9(11(5-7)21(15,16)17)10-4-2-8(14)6-12(10)22(18,19)20;2*1-4-7(5-2)6-3/h1-6H,13-14H2,(H,15,16,17)(H,18,19,20);2*4-6H2,1-3H3. The van der Waals surface area contributed by atoms with Crippen molar-refractivity contribution in [3.8, 4) is 11.1 Å². The molecule has 36 heavy (non-hydrogen) atoms. The molecule has 0 aliphatic carbocycles. The highest BCUT2D eigenvalue weighted by atomic mass is 32.2. The molecule has 0 aliphatic heterocycles. The summed E-state index contributed by atoms with van der Waals surface area (Å²) in [7, 11) is -9.87. The Labute approximate surface area is 216 Å². The molecule has 12 heteroatoms. The predicted octanol–water partition coefficient (Wildman–Crippen LogP) is 0.188. The van der Waals surface area contributed by atoms with Gasteiger partial charge in [-0.25, -0.2) is 16.8 Å². The van der Waals surface area contributed by atoms with E-state index in [2.05, 4.69) is 41.5 Å². The van der Waals surface area contributed by atoms with E-state index in [0.29, 0.717) is 0 Å². The van der Waals surface area contributed by atoms with Crippen molar-refractivity contribution >= 4 is 31.6 Å². The predicted molar refractivity (Wildman–Crippen MR) is 142 cm³/mol. The second-order valence-corrected chi connectivity index (χ2v) is 10.7. The van der Waals surface area contributed by atoms with Crippen molar-refractivity contribution < 1.29 is 35.7 Å². The van der Waals surface area contributed by atoms with Gasteiger partial charge in [0, 0.05) is 22.5 Å². The average molecular weight is 547 g/mol. The van der Waals surface area contributed by atoms with Crippen molar-refractivity contribution in [2.75, 3.05) is 50.7 Å². The normalized spacial score (nSPS) is 11.5. The summed E-state index contributed by atoms with van der Waals surface area (Å²) in [6.45, 7) is 21.0. The lowest BCUT2D eigenvalue weighted by Gasteiger charge is -2.18. The molecule has 0 aromatic heterocycles. The number of quaternary nitrogens is 2. The van der Waals surface area contributed by atoms with Crippen LogP contribution in [-0.2, 0) is 20.2 Å². The summed E-state index contributed by atoms with van der Waals surface area (Å²) >= 11 is 0. The van der Waals surface area contributed by atoms with Crippen LogP contribution in [-0.4, -0.2) is 65.2 Å². The van der Waals surface area contributed by atoms with Gasteiger partial charge in [-0.15, -0.1) is 0 Å². The second-order valence-electron chi connectivity index (χ2n) is 8.04. The molecule has 2 rings (SSSR count). The quantitative estimate of drug-likeness (QED) is 0.254. The van der Waals surface area contributed by atoms with E-state index in [1.165, 1.54) is 51.4 Å². The number of nitrogens with two attached hydrogens (primary N) is 2. The van der Waals surface area contributed by atoms with Crippen LogP contribution in [0.15, 0.2) is 46.2 Å². The zero-order chi connectivity index (χ0) is 28.1. The molecule has 10 nitrogen and oxygen atoms in total. The van der Waals surface area contributed by atoms with Crippen molar-refractivity contribution in [3.05, 3.63) is 36.4 Å². The monoisotopic (exact) mass is 546 g/mol. The highest BCUT2D eigenvalue weighted by Gasteiger charge is 2.17. The Bertz CT molecular complexity index is 1040. The molecular weight excluding hydrogens is 504 g/mol. The van der Waals surface area contributed by atoms with Crippen LogP contribution >= 0.6 is 0 Å². The molecule has 0 fully saturated rings. The zero-order valence-electron chi connectivity index (χ0n) is 22.1. The summed E-state index contributed by atoms with van der Waals surface area (Å²) in [5.74, 6) is 0. The molecule has 0 atom stereocenters. The molecule has 6 N–H and O–H groups in total. The molecule has 2 aromatic rings. The molecule has 0 spiro atoms. The minimum absolute atomic E-state index is 0.000139. The topological polar surface area (TPSA) is 175 Å². The van der Waals surface area contributed by atoms with Gasteiger partial charge in [0.25, 0.3) is 0 Å². The first-order valence-corrected chi connectivity index (χ1v) is 14.9. The molecule has 0 saturated heterocycles. The fourth-order valence-electron chi connectivity index (χ4n) is 3.44. The van der Waals surface area contributed by atoms with Gasteiger partial charge in [-0.05, 0) is 65.8 Å². The Balaban J connectivity index is 0.000000720. The largest absolute Gasteiger partial charge is 0.744 e. The summed E-state index contributed by atoms with van der Waals surface area (Å²) in [6.07, 6.45) is 0. The van der Waals surface area contributed by atoms with Crippen molar-refractivity contribution in [3.63, 3.8) is 0 Å². The van der Waals surface area contributed by atoms with Crippen LogP contribution in [0.1, 0.15) is 41.5 Å². The van der Waals surface area contributed by atoms with Gasteiger partial charge in [0.15, 0.2) is 0 Å². The number of nitrogens with one attached hydrogen (secondary N) is 2.